The van der Waals surface area contributed by atoms with Gasteiger partial charge in [-0.15, -0.1) is 12.4 Å². The van der Waals surface area contributed by atoms with E-state index >= 15 is 0 Å². The number of carbonyl (C=O) groups is 1. The highest BCUT2D eigenvalue weighted by atomic mass is 35.5. The molecule has 144 valence electrons. The van der Waals surface area contributed by atoms with Gasteiger partial charge in [-0.3, -0.25) is 4.79 Å². The summed E-state index contributed by atoms with van der Waals surface area (Å²) in [7, 11) is 3.23. The Labute approximate surface area is 166 Å². The van der Waals surface area contributed by atoms with Crippen molar-refractivity contribution in [2.45, 2.75) is 25.8 Å². The molecular weight excluding hydrogens is 364 g/mol. The Morgan fingerprint density at radius 1 is 1.11 bits per heavy atom. The van der Waals surface area contributed by atoms with Crippen molar-refractivity contribution in [3.63, 3.8) is 0 Å². The molecule has 27 heavy (non-hydrogen) atoms. The van der Waals surface area contributed by atoms with Crippen LogP contribution in [-0.2, 0) is 11.2 Å². The second kappa shape index (κ2) is 8.35. The number of methoxy groups -OCH3 is 2. The fourth-order valence-electron chi connectivity index (χ4n) is 3.22. The summed E-state index contributed by atoms with van der Waals surface area (Å²) in [4.78, 5) is 12.5. The molecule has 0 fully saturated rings. The molecule has 0 saturated heterocycles. The van der Waals surface area contributed by atoms with E-state index < -0.39 is 0 Å². The molecule has 2 aromatic carbocycles. The average molecular weight is 389 g/mol. The molecule has 1 amide bonds. The lowest BCUT2D eigenvalue weighted by molar-refractivity contribution is -0.111. The summed E-state index contributed by atoms with van der Waals surface area (Å²) in [6.07, 6.45) is 2.42. The second-order valence-electron chi connectivity index (χ2n) is 6.96. The molecule has 0 aliphatic carbocycles. The smallest absolute Gasteiger partial charge is 0.250 e. The maximum Gasteiger partial charge on any atom is 0.250 e. The van der Waals surface area contributed by atoms with Crippen LogP contribution in [0.15, 0.2) is 48.5 Å². The first kappa shape index (κ1) is 20.6. The van der Waals surface area contributed by atoms with E-state index in [9.17, 15) is 4.79 Å². The van der Waals surface area contributed by atoms with Crippen LogP contribution < -0.4 is 20.1 Å². The molecule has 6 heteroatoms. The SMILES string of the molecule is COc1cc2c(cc1OC)C(=CC(=O)Nc1ccccc1)NC(C)(C)C2.Cl. The van der Waals surface area contributed by atoms with Gasteiger partial charge in [0.25, 0.3) is 0 Å². The van der Waals surface area contributed by atoms with Crippen molar-refractivity contribution in [1.82, 2.24) is 5.32 Å². The molecule has 3 rings (SSSR count). The van der Waals surface area contributed by atoms with Crippen molar-refractivity contribution in [2.24, 2.45) is 0 Å². The largest absolute Gasteiger partial charge is 0.493 e. The van der Waals surface area contributed by atoms with Gasteiger partial charge in [0.1, 0.15) is 0 Å². The molecule has 0 bridgehead atoms. The molecule has 0 spiro atoms. The molecular formula is C21H25ClN2O3. The van der Waals surface area contributed by atoms with E-state index in [1.54, 1.807) is 20.3 Å². The molecule has 0 atom stereocenters. The number of hydrogen-bond acceptors (Lipinski definition) is 4. The van der Waals surface area contributed by atoms with Crippen molar-refractivity contribution in [3.8, 4) is 11.5 Å². The van der Waals surface area contributed by atoms with Crippen LogP contribution in [0.3, 0.4) is 0 Å². The minimum absolute atomic E-state index is 0. The highest BCUT2D eigenvalue weighted by molar-refractivity contribution is 6.04. The number of nitrogens with one attached hydrogen (secondary N) is 2. The van der Waals surface area contributed by atoms with Crippen molar-refractivity contribution in [1.29, 1.82) is 0 Å². The molecule has 1 heterocycles. The summed E-state index contributed by atoms with van der Waals surface area (Å²) in [5, 5.41) is 6.35. The lowest BCUT2D eigenvalue weighted by atomic mass is 9.85. The summed E-state index contributed by atoms with van der Waals surface area (Å²) >= 11 is 0. The molecule has 1 aliphatic heterocycles. The van der Waals surface area contributed by atoms with Crippen LogP contribution in [0, 0.1) is 0 Å². The van der Waals surface area contributed by atoms with Crippen LogP contribution in [0.4, 0.5) is 5.69 Å². The molecule has 0 saturated carbocycles. The summed E-state index contributed by atoms with van der Waals surface area (Å²) in [6, 6.07) is 13.3. The summed E-state index contributed by atoms with van der Waals surface area (Å²) in [6.45, 7) is 4.21. The maximum atomic E-state index is 12.5. The van der Waals surface area contributed by atoms with Gasteiger partial charge in [0.2, 0.25) is 5.91 Å². The average Bonchev–Trinajstić information content (AvgIpc) is 2.60. The van der Waals surface area contributed by atoms with E-state index in [1.807, 2.05) is 42.5 Å². The van der Waals surface area contributed by atoms with Crippen molar-refractivity contribution in [2.75, 3.05) is 19.5 Å². The van der Waals surface area contributed by atoms with Gasteiger partial charge in [0.05, 0.1) is 14.2 Å². The van der Waals surface area contributed by atoms with Crippen LogP contribution >= 0.6 is 12.4 Å². The first-order chi connectivity index (χ1) is 12.4. The van der Waals surface area contributed by atoms with Gasteiger partial charge < -0.3 is 20.1 Å². The molecule has 2 aromatic rings. The first-order valence-corrected chi connectivity index (χ1v) is 8.53. The zero-order valence-corrected chi connectivity index (χ0v) is 16.8. The van der Waals surface area contributed by atoms with Gasteiger partial charge >= 0.3 is 0 Å². The van der Waals surface area contributed by atoms with E-state index in [0.29, 0.717) is 11.5 Å². The number of halogens is 1. The zero-order valence-electron chi connectivity index (χ0n) is 16.0. The van der Waals surface area contributed by atoms with E-state index in [-0.39, 0.29) is 23.9 Å². The van der Waals surface area contributed by atoms with Crippen LogP contribution in [0.1, 0.15) is 25.0 Å². The highest BCUT2D eigenvalue weighted by Crippen LogP contribution is 2.37. The van der Waals surface area contributed by atoms with Gasteiger partial charge in [0.15, 0.2) is 11.5 Å². The Morgan fingerprint density at radius 3 is 2.37 bits per heavy atom. The Kier molecular flexibility index (Phi) is 6.39. The Bertz CT molecular complexity index is 848. The zero-order chi connectivity index (χ0) is 18.7. The predicted octanol–water partition coefficient (Wildman–Crippen LogP) is 4.03. The van der Waals surface area contributed by atoms with Crippen LogP contribution in [0.5, 0.6) is 11.5 Å². The number of ether oxygens (including phenoxy) is 2. The van der Waals surface area contributed by atoms with Gasteiger partial charge in [-0.2, -0.15) is 0 Å². The Hall–Kier alpha value is -2.66. The summed E-state index contributed by atoms with van der Waals surface area (Å²) in [5.41, 5.74) is 3.42. The Balaban J connectivity index is 0.00000261. The standard InChI is InChI=1S/C21H24N2O3.ClH/c1-21(2)13-14-10-18(25-3)19(26-4)11-16(14)17(23-21)12-20(24)22-15-8-6-5-7-9-15;/h5-12,23H,13H2,1-4H3,(H,22,24);1H. The molecule has 0 unspecified atom stereocenters. The van der Waals surface area contributed by atoms with E-state index in [4.69, 9.17) is 9.47 Å². The lowest BCUT2D eigenvalue weighted by Gasteiger charge is -2.36. The molecule has 0 radical (unpaired) electrons. The lowest BCUT2D eigenvalue weighted by Crippen LogP contribution is -2.44. The van der Waals surface area contributed by atoms with Gasteiger partial charge in [-0.25, -0.2) is 0 Å². The third-order valence-corrected chi connectivity index (χ3v) is 4.32. The topological polar surface area (TPSA) is 59.6 Å². The third kappa shape index (κ3) is 4.74. The summed E-state index contributed by atoms with van der Waals surface area (Å²) < 4.78 is 10.8. The maximum absolute atomic E-state index is 12.5. The second-order valence-corrected chi connectivity index (χ2v) is 6.96. The Morgan fingerprint density at radius 2 is 1.74 bits per heavy atom. The van der Waals surface area contributed by atoms with Crippen LogP contribution in [0.25, 0.3) is 5.70 Å². The quantitative estimate of drug-likeness (QED) is 0.776. The van der Waals surface area contributed by atoms with Gasteiger partial charge in [-0.1, -0.05) is 18.2 Å². The minimum Gasteiger partial charge on any atom is -0.493 e. The highest BCUT2D eigenvalue weighted by Gasteiger charge is 2.29. The normalized spacial score (nSPS) is 15.8. The molecule has 0 aromatic heterocycles. The molecule has 5 nitrogen and oxygen atoms in total. The number of amides is 1. The number of para-hydroxylation sites is 1. The number of anilines is 1. The van der Waals surface area contributed by atoms with Gasteiger partial charge in [-0.05, 0) is 50.1 Å². The van der Waals surface area contributed by atoms with Crippen LogP contribution in [0.2, 0.25) is 0 Å². The predicted molar refractivity (Wildman–Crippen MR) is 111 cm³/mol. The number of carbonyl (C=O) groups excluding carboxylic acids is 1. The molecule has 2 N–H and O–H groups in total. The number of benzene rings is 2. The number of rotatable bonds is 4. The van der Waals surface area contributed by atoms with Gasteiger partial charge in [0, 0.05) is 28.6 Å². The monoisotopic (exact) mass is 388 g/mol. The van der Waals surface area contributed by atoms with E-state index in [0.717, 1.165) is 28.9 Å². The van der Waals surface area contributed by atoms with E-state index in [1.165, 1.54) is 0 Å². The van der Waals surface area contributed by atoms with Crippen LogP contribution in [-0.4, -0.2) is 25.7 Å². The third-order valence-electron chi connectivity index (χ3n) is 4.32. The summed E-state index contributed by atoms with van der Waals surface area (Å²) in [5.74, 6) is 1.15. The number of fused-ring (bicyclic) bond motifs is 1. The van der Waals surface area contributed by atoms with E-state index in [2.05, 4.69) is 24.5 Å². The molecule has 1 aliphatic rings. The number of hydrogen-bond donors (Lipinski definition) is 2. The fraction of sp³-hybridized carbons (Fsp3) is 0.286. The first-order valence-electron chi connectivity index (χ1n) is 8.53. The minimum atomic E-state index is -0.183. The van der Waals surface area contributed by atoms with Crippen molar-refractivity contribution < 1.29 is 14.3 Å². The van der Waals surface area contributed by atoms with Crippen molar-refractivity contribution in [3.05, 3.63) is 59.7 Å². The fourth-order valence-corrected chi connectivity index (χ4v) is 3.22. The van der Waals surface area contributed by atoms with Crippen molar-refractivity contribution >= 4 is 29.7 Å².